The highest BCUT2D eigenvalue weighted by molar-refractivity contribution is 5.94. The van der Waals surface area contributed by atoms with Crippen molar-refractivity contribution >= 4 is 5.91 Å². The fraction of sp³-hybridized carbons (Fsp3) is 0.565. The molecule has 1 aromatic heterocycles. The number of aromatic nitrogens is 1. The van der Waals surface area contributed by atoms with Crippen molar-refractivity contribution in [2.45, 2.75) is 58.6 Å². The van der Waals surface area contributed by atoms with Crippen LogP contribution in [0.2, 0.25) is 0 Å². The molecule has 29 heavy (non-hydrogen) atoms. The second-order valence-electron chi connectivity index (χ2n) is 8.11. The van der Waals surface area contributed by atoms with Crippen molar-refractivity contribution in [1.29, 1.82) is 0 Å². The molecule has 0 N–H and O–H groups in total. The first-order valence-electron chi connectivity index (χ1n) is 10.6. The van der Waals surface area contributed by atoms with Crippen LogP contribution in [-0.2, 0) is 6.61 Å². The molecule has 6 nitrogen and oxygen atoms in total. The fourth-order valence-electron chi connectivity index (χ4n) is 3.89. The maximum Gasteiger partial charge on any atom is 0.253 e. The van der Waals surface area contributed by atoms with E-state index in [0.29, 0.717) is 18.2 Å². The Hall–Kier alpha value is -2.34. The Kier molecular flexibility index (Phi) is 7.31. The van der Waals surface area contributed by atoms with E-state index in [-0.39, 0.29) is 5.91 Å². The van der Waals surface area contributed by atoms with Crippen LogP contribution in [0.4, 0.5) is 0 Å². The molecule has 1 saturated carbocycles. The average molecular weight is 400 g/mol. The minimum atomic E-state index is 0.0410. The molecule has 0 atom stereocenters. The number of ether oxygens (including phenoxy) is 1. The van der Waals surface area contributed by atoms with Crippen molar-refractivity contribution in [1.82, 2.24) is 15.0 Å². The summed E-state index contributed by atoms with van der Waals surface area (Å²) in [5.74, 6) is 1.54. The quantitative estimate of drug-likeness (QED) is 0.666. The van der Waals surface area contributed by atoms with Crippen LogP contribution in [0.25, 0.3) is 0 Å². The molecule has 0 bridgehead atoms. The van der Waals surface area contributed by atoms with Crippen LogP contribution in [0.5, 0.6) is 5.75 Å². The predicted molar refractivity (Wildman–Crippen MR) is 113 cm³/mol. The lowest BCUT2D eigenvalue weighted by Gasteiger charge is -2.32. The predicted octanol–water partition coefficient (Wildman–Crippen LogP) is 4.21. The second kappa shape index (κ2) is 9.92. The highest BCUT2D eigenvalue weighted by Gasteiger charge is 2.19. The Labute approximate surface area is 173 Å². The molecule has 0 aliphatic heterocycles. The monoisotopic (exact) mass is 399 g/mol. The van der Waals surface area contributed by atoms with E-state index in [1.165, 1.54) is 32.1 Å². The van der Waals surface area contributed by atoms with Gasteiger partial charge in [-0.15, -0.1) is 0 Å². The van der Waals surface area contributed by atoms with Gasteiger partial charge >= 0.3 is 0 Å². The van der Waals surface area contributed by atoms with Gasteiger partial charge in [0.15, 0.2) is 0 Å². The molecular formula is C23H33N3O3. The smallest absolute Gasteiger partial charge is 0.253 e. The molecule has 0 radical (unpaired) electrons. The number of carbonyl (C=O) groups is 1. The van der Waals surface area contributed by atoms with Crippen LogP contribution in [0.3, 0.4) is 0 Å². The molecule has 1 aromatic carbocycles. The van der Waals surface area contributed by atoms with Crippen LogP contribution >= 0.6 is 0 Å². The van der Waals surface area contributed by atoms with E-state index >= 15 is 0 Å². The van der Waals surface area contributed by atoms with Crippen molar-refractivity contribution in [3.05, 3.63) is 46.8 Å². The summed E-state index contributed by atoms with van der Waals surface area (Å²) in [6.45, 7) is 5.82. The van der Waals surface area contributed by atoms with E-state index in [1.807, 2.05) is 45.2 Å². The van der Waals surface area contributed by atoms with Crippen molar-refractivity contribution < 1.29 is 14.1 Å². The first-order chi connectivity index (χ1) is 14.0. The lowest BCUT2D eigenvalue weighted by molar-refractivity contribution is 0.0767. The van der Waals surface area contributed by atoms with Crippen LogP contribution in [0.1, 0.15) is 59.5 Å². The molecule has 0 spiro atoms. The summed E-state index contributed by atoms with van der Waals surface area (Å²) >= 11 is 0. The maximum atomic E-state index is 12.7. The van der Waals surface area contributed by atoms with Gasteiger partial charge in [-0.05, 0) is 58.0 Å². The Morgan fingerprint density at radius 1 is 1.10 bits per heavy atom. The van der Waals surface area contributed by atoms with Crippen LogP contribution < -0.4 is 4.74 Å². The lowest BCUT2D eigenvalue weighted by atomic mass is 9.94. The summed E-state index contributed by atoms with van der Waals surface area (Å²) in [7, 11) is 4.05. The standard InChI is InChI=1S/C23H33N3O3/c1-17-22(18(2)29-24-17)16-28-21-12-10-19(11-13-21)23(27)26(4)15-14-25(3)20-8-6-5-7-9-20/h10-13,20H,5-9,14-16H2,1-4H3. The number of amides is 1. The number of aryl methyl sites for hydroxylation is 2. The first-order valence-corrected chi connectivity index (χ1v) is 10.6. The highest BCUT2D eigenvalue weighted by atomic mass is 16.5. The summed E-state index contributed by atoms with van der Waals surface area (Å²) in [5.41, 5.74) is 2.48. The third-order valence-corrected chi connectivity index (χ3v) is 6.00. The number of hydrogen-bond acceptors (Lipinski definition) is 5. The molecule has 2 aromatic rings. The van der Waals surface area contributed by atoms with Gasteiger partial charge in [0, 0.05) is 31.7 Å². The van der Waals surface area contributed by atoms with E-state index < -0.39 is 0 Å². The number of likely N-dealkylation sites (N-methyl/N-ethyl adjacent to an activating group) is 2. The zero-order valence-corrected chi connectivity index (χ0v) is 18.1. The Morgan fingerprint density at radius 2 is 1.79 bits per heavy atom. The molecule has 1 fully saturated rings. The van der Waals surface area contributed by atoms with Gasteiger partial charge in [-0.25, -0.2) is 0 Å². The number of carbonyl (C=O) groups excluding carboxylic acids is 1. The van der Waals surface area contributed by atoms with Gasteiger partial charge in [0.1, 0.15) is 18.1 Å². The van der Waals surface area contributed by atoms with Gasteiger partial charge in [0.2, 0.25) is 0 Å². The third kappa shape index (κ3) is 5.60. The van der Waals surface area contributed by atoms with Crippen LogP contribution in [-0.4, -0.2) is 54.1 Å². The van der Waals surface area contributed by atoms with Crippen molar-refractivity contribution in [2.75, 3.05) is 27.2 Å². The number of benzene rings is 1. The minimum Gasteiger partial charge on any atom is -0.489 e. The van der Waals surface area contributed by atoms with Crippen molar-refractivity contribution in [3.8, 4) is 5.75 Å². The van der Waals surface area contributed by atoms with Gasteiger partial charge in [-0.3, -0.25) is 4.79 Å². The Balaban J connectivity index is 1.48. The van der Waals surface area contributed by atoms with Gasteiger partial charge in [0.25, 0.3) is 5.91 Å². The number of nitrogens with zero attached hydrogens (tertiary/aromatic N) is 3. The molecule has 0 unspecified atom stereocenters. The number of hydrogen-bond donors (Lipinski definition) is 0. The normalized spacial score (nSPS) is 14.9. The summed E-state index contributed by atoms with van der Waals surface area (Å²) in [5, 5.41) is 3.94. The molecule has 1 aliphatic rings. The lowest BCUT2D eigenvalue weighted by Crippen LogP contribution is -2.40. The molecule has 1 aliphatic carbocycles. The zero-order chi connectivity index (χ0) is 20.8. The average Bonchev–Trinajstić information content (AvgIpc) is 3.08. The zero-order valence-electron chi connectivity index (χ0n) is 18.1. The summed E-state index contributed by atoms with van der Waals surface area (Å²) in [6.07, 6.45) is 6.58. The van der Waals surface area contributed by atoms with Gasteiger partial charge in [0.05, 0.1) is 11.3 Å². The van der Waals surface area contributed by atoms with E-state index in [0.717, 1.165) is 35.9 Å². The Morgan fingerprint density at radius 3 is 2.41 bits per heavy atom. The largest absolute Gasteiger partial charge is 0.489 e. The molecular weight excluding hydrogens is 366 g/mol. The van der Waals surface area contributed by atoms with E-state index in [4.69, 9.17) is 9.26 Å². The third-order valence-electron chi connectivity index (χ3n) is 6.00. The van der Waals surface area contributed by atoms with E-state index in [2.05, 4.69) is 17.1 Å². The van der Waals surface area contributed by atoms with Crippen LogP contribution in [0.15, 0.2) is 28.8 Å². The molecule has 0 saturated heterocycles. The highest BCUT2D eigenvalue weighted by Crippen LogP contribution is 2.22. The molecule has 158 valence electrons. The van der Waals surface area contributed by atoms with Crippen molar-refractivity contribution in [2.24, 2.45) is 0 Å². The van der Waals surface area contributed by atoms with Gasteiger partial charge < -0.3 is 19.1 Å². The van der Waals surface area contributed by atoms with Crippen molar-refractivity contribution in [3.63, 3.8) is 0 Å². The fourth-order valence-corrected chi connectivity index (χ4v) is 3.89. The van der Waals surface area contributed by atoms with E-state index in [9.17, 15) is 4.79 Å². The molecule has 3 rings (SSSR count). The topological polar surface area (TPSA) is 58.8 Å². The molecule has 1 heterocycles. The summed E-state index contributed by atoms with van der Waals surface area (Å²) < 4.78 is 11.0. The first kappa shape index (κ1) is 21.4. The second-order valence-corrected chi connectivity index (χ2v) is 8.11. The summed E-state index contributed by atoms with van der Waals surface area (Å²) in [4.78, 5) is 16.9. The maximum absolute atomic E-state index is 12.7. The number of rotatable bonds is 8. The van der Waals surface area contributed by atoms with Crippen LogP contribution in [0, 0.1) is 13.8 Å². The minimum absolute atomic E-state index is 0.0410. The van der Waals surface area contributed by atoms with E-state index in [1.54, 1.807) is 4.90 Å². The molecule has 6 heteroatoms. The van der Waals surface area contributed by atoms with Gasteiger partial charge in [-0.1, -0.05) is 24.4 Å². The Bertz CT molecular complexity index is 775. The van der Waals surface area contributed by atoms with Gasteiger partial charge in [-0.2, -0.15) is 0 Å². The summed E-state index contributed by atoms with van der Waals surface area (Å²) in [6, 6.07) is 8.00. The SMILES string of the molecule is Cc1noc(C)c1COc1ccc(C(=O)N(C)CCN(C)C2CCCCC2)cc1. The molecule has 1 amide bonds.